The van der Waals surface area contributed by atoms with Crippen LogP contribution < -0.4 is 5.73 Å². The standard InChI is InChI=1S/C2H7N.ClH/c1-2-3;/h2-3H2,1H3;1H/i1D3,2D2;. The highest BCUT2D eigenvalue weighted by Gasteiger charge is 1.32. The molecule has 4 heavy (non-hydrogen) atoms. The Morgan fingerprint density at radius 2 is 2.75 bits per heavy atom. The Kier molecular flexibility index (Phi) is 2.25. The first-order valence-electron chi connectivity index (χ1n) is 3.04. The van der Waals surface area contributed by atoms with Crippen LogP contribution in [0, 0.1) is 0 Å². The number of halogens is 1. The van der Waals surface area contributed by atoms with Crippen molar-refractivity contribution >= 4 is 12.4 Å². The summed E-state index contributed by atoms with van der Waals surface area (Å²) >= 11 is 0. The highest BCUT2D eigenvalue weighted by molar-refractivity contribution is 5.85. The summed E-state index contributed by atoms with van der Waals surface area (Å²) in [6.07, 6.45) is 0. The first-order chi connectivity index (χ1) is 3.25. The fourth-order valence-corrected chi connectivity index (χ4v) is 0. The van der Waals surface area contributed by atoms with E-state index in [1.807, 2.05) is 0 Å². The molecule has 0 aliphatic rings. The predicted octanol–water partition coefficient (Wildman–Crippen LogP) is 0.387. The third-order valence-corrected chi connectivity index (χ3v) is 0. The fraction of sp³-hybridized carbons (Fsp3) is 1.00. The van der Waals surface area contributed by atoms with Gasteiger partial charge in [0.1, 0.15) is 0 Å². The zero-order valence-electron chi connectivity index (χ0n) is 6.99. The van der Waals surface area contributed by atoms with Crippen molar-refractivity contribution in [3.05, 3.63) is 0 Å². The molecule has 0 saturated heterocycles. The molecule has 0 aromatic rings. The summed E-state index contributed by atoms with van der Waals surface area (Å²) in [5, 5.41) is 0. The normalized spacial score (nSPS) is 29.8. The van der Waals surface area contributed by atoms with Gasteiger partial charge in [0.25, 0.3) is 0 Å². The van der Waals surface area contributed by atoms with Crippen LogP contribution in [-0.4, -0.2) is 6.50 Å². The maximum Gasteiger partial charge on any atom is 0.0423 e. The lowest BCUT2D eigenvalue weighted by Gasteiger charge is -1.53. The van der Waals surface area contributed by atoms with Gasteiger partial charge in [0, 0.05) is 6.85 Å². The van der Waals surface area contributed by atoms with Gasteiger partial charge in [-0.25, -0.2) is 0 Å². The van der Waals surface area contributed by atoms with E-state index >= 15 is 0 Å². The molecule has 0 radical (unpaired) electrons. The topological polar surface area (TPSA) is 26.0 Å². The number of hydrogen-bond donors (Lipinski definition) is 1. The number of nitrogens with two attached hydrogens (primary N) is 1. The molecule has 28 valence electrons. The van der Waals surface area contributed by atoms with Gasteiger partial charge >= 0.3 is 0 Å². The Balaban J connectivity index is 0. The van der Waals surface area contributed by atoms with Crippen LogP contribution in [0.5, 0.6) is 0 Å². The summed E-state index contributed by atoms with van der Waals surface area (Å²) in [5.41, 5.74) is 4.58. The second kappa shape index (κ2) is 10.5. The average Bonchev–Trinajstić information content (AvgIpc) is 1.25. The van der Waals surface area contributed by atoms with Crippen LogP contribution in [0.2, 0.25) is 0 Å². The molecule has 0 aromatic heterocycles. The van der Waals surface area contributed by atoms with Gasteiger partial charge in [-0.15, -0.1) is 12.4 Å². The predicted molar refractivity (Wildman–Crippen MR) is 22.0 cm³/mol. The summed E-state index contributed by atoms with van der Waals surface area (Å²) in [6, 6.07) is 0. The van der Waals surface area contributed by atoms with Gasteiger partial charge in [-0.2, -0.15) is 0 Å². The molecule has 0 aliphatic heterocycles. The zero-order chi connectivity index (χ0) is 7.00. The van der Waals surface area contributed by atoms with Crippen LogP contribution >= 0.6 is 12.4 Å². The van der Waals surface area contributed by atoms with Crippen LogP contribution in [0.3, 0.4) is 0 Å². The summed E-state index contributed by atoms with van der Waals surface area (Å²) in [4.78, 5) is 0. The van der Waals surface area contributed by atoms with Gasteiger partial charge in [0.15, 0.2) is 0 Å². The lowest BCUT2D eigenvalue weighted by molar-refractivity contribution is 1.14. The van der Waals surface area contributed by atoms with Crippen molar-refractivity contribution in [2.75, 3.05) is 6.50 Å². The molecule has 0 spiro atoms. The average molecular weight is 86.6 g/mol. The minimum atomic E-state index is -2.70. The van der Waals surface area contributed by atoms with Crippen LogP contribution in [0.4, 0.5) is 0 Å². The van der Waals surface area contributed by atoms with Crippen molar-refractivity contribution in [3.63, 3.8) is 0 Å². The second-order valence-corrected chi connectivity index (χ2v) is 0.144. The summed E-state index contributed by atoms with van der Waals surface area (Å²) in [6.45, 7) is -5.26. The van der Waals surface area contributed by atoms with E-state index in [-0.39, 0.29) is 12.4 Å². The number of hydrogen-bond acceptors (Lipinski definition) is 1. The van der Waals surface area contributed by atoms with E-state index in [0.29, 0.717) is 0 Å². The Morgan fingerprint density at radius 1 is 2.50 bits per heavy atom. The van der Waals surface area contributed by atoms with Crippen molar-refractivity contribution in [2.45, 2.75) is 6.85 Å². The molecule has 0 heterocycles. The molecule has 0 amide bonds. The summed E-state index contributed by atoms with van der Waals surface area (Å²) in [7, 11) is 0. The molecular weight excluding hydrogens is 73.5 g/mol. The molecule has 2 heteroatoms. The molecule has 0 bridgehead atoms. The monoisotopic (exact) mass is 86.1 g/mol. The van der Waals surface area contributed by atoms with E-state index in [1.165, 1.54) is 0 Å². The van der Waals surface area contributed by atoms with Gasteiger partial charge in [-0.1, -0.05) is 6.85 Å². The van der Waals surface area contributed by atoms with Crippen molar-refractivity contribution in [1.82, 2.24) is 0 Å². The van der Waals surface area contributed by atoms with E-state index in [9.17, 15) is 0 Å². The Labute approximate surface area is 39.6 Å². The molecule has 0 aliphatic carbocycles. The van der Waals surface area contributed by atoms with E-state index in [0.717, 1.165) is 0 Å². The maximum absolute atomic E-state index is 6.47. The quantitative estimate of drug-likeness (QED) is 0.453. The SMILES string of the molecule is Cl.[2H]C([2H])([2H])C([2H])([2H])N. The Hall–Kier alpha value is 0.250. The minimum Gasteiger partial charge on any atom is -0.331 e. The molecule has 0 rings (SSSR count). The van der Waals surface area contributed by atoms with Crippen LogP contribution in [0.15, 0.2) is 0 Å². The molecule has 1 nitrogen and oxygen atoms in total. The van der Waals surface area contributed by atoms with Crippen molar-refractivity contribution in [3.8, 4) is 0 Å². The molecular formula is C2H8ClN. The fourth-order valence-electron chi connectivity index (χ4n) is 0. The summed E-state index contributed by atoms with van der Waals surface area (Å²) < 4.78 is 32.2. The molecule has 2 N–H and O–H groups in total. The van der Waals surface area contributed by atoms with Crippen molar-refractivity contribution < 1.29 is 6.85 Å². The first kappa shape index (κ1) is 0.854. The minimum absolute atomic E-state index is 0. The molecule has 0 fully saturated rings. The van der Waals surface area contributed by atoms with Crippen molar-refractivity contribution in [2.24, 2.45) is 5.73 Å². The molecule has 0 aromatic carbocycles. The first-order valence-corrected chi connectivity index (χ1v) is 0.539. The molecule has 0 saturated carbocycles. The van der Waals surface area contributed by atoms with Gasteiger partial charge in [-0.3, -0.25) is 0 Å². The lowest BCUT2D eigenvalue weighted by atomic mass is 10.8. The Bertz CT molecular complexity index is 69.9. The highest BCUT2D eigenvalue weighted by Crippen LogP contribution is 1.20. The Morgan fingerprint density at radius 3 is 2.75 bits per heavy atom. The van der Waals surface area contributed by atoms with E-state index in [4.69, 9.17) is 6.85 Å². The third kappa shape index (κ3) is 56.3. The van der Waals surface area contributed by atoms with Gasteiger partial charge in [-0.05, 0) is 6.50 Å². The van der Waals surface area contributed by atoms with Gasteiger partial charge in [0.05, 0.1) is 0 Å². The summed E-state index contributed by atoms with van der Waals surface area (Å²) in [5.74, 6) is 0. The second-order valence-electron chi connectivity index (χ2n) is 0.144. The van der Waals surface area contributed by atoms with E-state index in [1.54, 1.807) is 0 Å². The zero-order valence-corrected chi connectivity index (χ0v) is 2.80. The van der Waals surface area contributed by atoms with Gasteiger partial charge in [0.2, 0.25) is 0 Å². The maximum atomic E-state index is 6.47. The van der Waals surface area contributed by atoms with E-state index in [2.05, 4.69) is 5.73 Å². The smallest absolute Gasteiger partial charge is 0.0423 e. The number of rotatable bonds is 0. The van der Waals surface area contributed by atoms with Gasteiger partial charge < -0.3 is 5.73 Å². The lowest BCUT2D eigenvalue weighted by Crippen LogP contribution is -1.87. The highest BCUT2D eigenvalue weighted by atomic mass is 35.5. The third-order valence-electron chi connectivity index (χ3n) is 0. The largest absolute Gasteiger partial charge is 0.331 e. The van der Waals surface area contributed by atoms with Crippen molar-refractivity contribution in [1.29, 1.82) is 0 Å². The van der Waals surface area contributed by atoms with Crippen LogP contribution in [0.25, 0.3) is 0 Å². The molecule has 0 unspecified atom stereocenters. The van der Waals surface area contributed by atoms with E-state index < -0.39 is 13.3 Å². The van der Waals surface area contributed by atoms with Crippen LogP contribution in [0.1, 0.15) is 13.7 Å². The van der Waals surface area contributed by atoms with Crippen LogP contribution in [-0.2, 0) is 0 Å². The molecule has 0 atom stereocenters.